The van der Waals surface area contributed by atoms with E-state index >= 15 is 0 Å². The number of hydrogen-bond donors (Lipinski definition) is 1. The summed E-state index contributed by atoms with van der Waals surface area (Å²) < 4.78 is 5.48. The van der Waals surface area contributed by atoms with Gasteiger partial charge in [-0.15, -0.1) is 11.3 Å². The number of benzene rings is 1. The third-order valence-electron chi connectivity index (χ3n) is 2.33. The van der Waals surface area contributed by atoms with Gasteiger partial charge in [-0.25, -0.2) is 4.98 Å². The highest BCUT2D eigenvalue weighted by Gasteiger charge is 2.15. The van der Waals surface area contributed by atoms with Crippen LogP contribution in [0.1, 0.15) is 12.5 Å². The summed E-state index contributed by atoms with van der Waals surface area (Å²) in [5.74, 6) is 0.278. The van der Waals surface area contributed by atoms with Crippen LogP contribution in [0.5, 0.6) is 5.75 Å². The molecule has 19 heavy (non-hydrogen) atoms. The number of hydrogen-bond acceptors (Lipinski definition) is 5. The minimum absolute atomic E-state index is 0.265. The van der Waals surface area contributed by atoms with E-state index in [0.717, 1.165) is 0 Å². The molecule has 1 amide bonds. The van der Waals surface area contributed by atoms with E-state index < -0.39 is 6.10 Å². The van der Waals surface area contributed by atoms with Crippen molar-refractivity contribution in [3.8, 4) is 11.8 Å². The summed E-state index contributed by atoms with van der Waals surface area (Å²) in [5.41, 5.74) is 0.548. The Bertz CT molecular complexity index is 587. The number of anilines is 1. The molecule has 0 radical (unpaired) electrons. The molecular weight excluding hydrogens is 262 g/mol. The molecule has 0 aliphatic carbocycles. The van der Waals surface area contributed by atoms with Crippen molar-refractivity contribution < 1.29 is 9.53 Å². The second-order valence-corrected chi connectivity index (χ2v) is 4.62. The number of nitrogens with one attached hydrogen (secondary N) is 1. The summed E-state index contributed by atoms with van der Waals surface area (Å²) in [6.07, 6.45) is 0.976. The third kappa shape index (κ3) is 3.53. The van der Waals surface area contributed by atoms with Crippen molar-refractivity contribution in [2.24, 2.45) is 0 Å². The van der Waals surface area contributed by atoms with E-state index in [0.29, 0.717) is 16.4 Å². The van der Waals surface area contributed by atoms with Gasteiger partial charge in [0.05, 0.1) is 11.6 Å². The van der Waals surface area contributed by atoms with Crippen LogP contribution >= 0.6 is 11.3 Å². The average molecular weight is 273 g/mol. The van der Waals surface area contributed by atoms with Crippen LogP contribution in [-0.2, 0) is 4.79 Å². The zero-order chi connectivity index (χ0) is 13.7. The minimum atomic E-state index is -0.642. The molecule has 1 aromatic carbocycles. The van der Waals surface area contributed by atoms with Crippen molar-refractivity contribution >= 4 is 22.4 Å². The highest BCUT2D eigenvalue weighted by atomic mass is 32.1. The number of amides is 1. The summed E-state index contributed by atoms with van der Waals surface area (Å²) >= 11 is 1.35. The lowest BCUT2D eigenvalue weighted by Gasteiger charge is -2.13. The maximum absolute atomic E-state index is 11.8. The fraction of sp³-hybridized carbons (Fsp3) is 0.154. The monoisotopic (exact) mass is 273 g/mol. The van der Waals surface area contributed by atoms with Crippen molar-refractivity contribution in [1.82, 2.24) is 4.98 Å². The summed E-state index contributed by atoms with van der Waals surface area (Å²) in [7, 11) is 0. The first-order chi connectivity index (χ1) is 9.19. The van der Waals surface area contributed by atoms with Crippen molar-refractivity contribution in [1.29, 1.82) is 5.26 Å². The van der Waals surface area contributed by atoms with E-state index in [-0.39, 0.29) is 5.91 Å². The Morgan fingerprint density at radius 3 is 2.79 bits per heavy atom. The summed E-state index contributed by atoms with van der Waals surface area (Å²) in [6.45, 7) is 1.65. The Kier molecular flexibility index (Phi) is 4.11. The number of aromatic nitrogens is 1. The summed E-state index contributed by atoms with van der Waals surface area (Å²) in [5, 5.41) is 13.7. The Labute approximate surface area is 114 Å². The molecule has 0 fully saturated rings. The standard InChI is InChI=1S/C13H11N3O2S/c1-9(12(17)16-13-15-6-7-19-13)18-11-4-2-10(8-14)3-5-11/h2-7,9H,1H3,(H,15,16,17)/t9-/m0/s1. The van der Waals surface area contributed by atoms with Crippen molar-refractivity contribution in [2.45, 2.75) is 13.0 Å². The molecule has 0 aliphatic rings. The molecule has 2 aromatic rings. The predicted molar refractivity (Wildman–Crippen MR) is 72.0 cm³/mol. The SMILES string of the molecule is C[C@H](Oc1ccc(C#N)cc1)C(=O)Nc1nccs1. The zero-order valence-electron chi connectivity index (χ0n) is 10.2. The van der Waals surface area contributed by atoms with Crippen molar-refractivity contribution in [2.75, 3.05) is 5.32 Å². The molecule has 1 atom stereocenters. The maximum Gasteiger partial charge on any atom is 0.266 e. The Balaban J connectivity index is 1.94. The van der Waals surface area contributed by atoms with E-state index in [4.69, 9.17) is 10.00 Å². The fourth-order valence-corrected chi connectivity index (χ4v) is 1.89. The third-order valence-corrected chi connectivity index (χ3v) is 3.02. The summed E-state index contributed by atoms with van der Waals surface area (Å²) in [6, 6.07) is 8.61. The van der Waals surface area contributed by atoms with Crippen LogP contribution in [0, 0.1) is 11.3 Å². The normalized spacial score (nSPS) is 11.4. The van der Waals surface area contributed by atoms with Crippen LogP contribution in [0.4, 0.5) is 5.13 Å². The van der Waals surface area contributed by atoms with Crippen LogP contribution < -0.4 is 10.1 Å². The minimum Gasteiger partial charge on any atom is -0.481 e. The molecule has 2 rings (SSSR count). The molecule has 0 spiro atoms. The maximum atomic E-state index is 11.8. The second kappa shape index (κ2) is 5.98. The topological polar surface area (TPSA) is 75.0 Å². The van der Waals surface area contributed by atoms with Crippen LogP contribution in [0.3, 0.4) is 0 Å². The Morgan fingerprint density at radius 2 is 2.21 bits per heavy atom. The van der Waals surface area contributed by atoms with Gasteiger partial charge in [0.1, 0.15) is 5.75 Å². The average Bonchev–Trinajstić information content (AvgIpc) is 2.92. The lowest BCUT2D eigenvalue weighted by atomic mass is 10.2. The van der Waals surface area contributed by atoms with Crippen LogP contribution in [0.25, 0.3) is 0 Å². The first-order valence-electron chi connectivity index (χ1n) is 5.56. The van der Waals surface area contributed by atoms with Crippen molar-refractivity contribution in [3.63, 3.8) is 0 Å². The van der Waals surface area contributed by atoms with E-state index in [1.54, 1.807) is 42.8 Å². The van der Waals surface area contributed by atoms with Gasteiger partial charge in [-0.1, -0.05) is 0 Å². The first kappa shape index (κ1) is 13.1. The smallest absolute Gasteiger partial charge is 0.266 e. The van der Waals surface area contributed by atoms with Crippen molar-refractivity contribution in [3.05, 3.63) is 41.4 Å². The predicted octanol–water partition coefficient (Wildman–Crippen LogP) is 2.42. The van der Waals surface area contributed by atoms with Gasteiger partial charge in [-0.2, -0.15) is 5.26 Å². The second-order valence-electron chi connectivity index (χ2n) is 3.72. The fourth-order valence-electron chi connectivity index (χ4n) is 1.36. The molecule has 96 valence electrons. The Hall–Kier alpha value is -2.39. The molecule has 0 bridgehead atoms. The van der Waals surface area contributed by atoms with Gasteiger partial charge in [0.15, 0.2) is 11.2 Å². The molecule has 1 heterocycles. The number of rotatable bonds is 4. The molecule has 0 aliphatic heterocycles. The van der Waals surface area contributed by atoms with Gasteiger partial charge in [0.25, 0.3) is 5.91 Å². The van der Waals surface area contributed by atoms with Crippen LogP contribution in [0.2, 0.25) is 0 Å². The molecular formula is C13H11N3O2S. The summed E-state index contributed by atoms with van der Waals surface area (Å²) in [4.78, 5) is 15.8. The molecule has 1 N–H and O–H groups in total. The molecule has 0 saturated heterocycles. The Morgan fingerprint density at radius 1 is 1.47 bits per heavy atom. The van der Waals surface area contributed by atoms with Crippen LogP contribution in [0.15, 0.2) is 35.8 Å². The lowest BCUT2D eigenvalue weighted by Crippen LogP contribution is -2.30. The van der Waals surface area contributed by atoms with E-state index in [2.05, 4.69) is 10.3 Å². The van der Waals surface area contributed by atoms with E-state index in [9.17, 15) is 4.79 Å². The first-order valence-corrected chi connectivity index (χ1v) is 6.44. The zero-order valence-corrected chi connectivity index (χ0v) is 11.0. The molecule has 1 aromatic heterocycles. The molecule has 5 nitrogen and oxygen atoms in total. The molecule has 0 saturated carbocycles. The van der Waals surface area contributed by atoms with E-state index in [1.807, 2.05) is 6.07 Å². The largest absolute Gasteiger partial charge is 0.481 e. The number of nitrogens with zero attached hydrogens (tertiary/aromatic N) is 2. The van der Waals surface area contributed by atoms with Gasteiger partial charge in [0.2, 0.25) is 0 Å². The number of thiazole rings is 1. The quantitative estimate of drug-likeness (QED) is 0.928. The van der Waals surface area contributed by atoms with E-state index in [1.165, 1.54) is 11.3 Å². The van der Waals surface area contributed by atoms with Gasteiger partial charge in [0, 0.05) is 11.6 Å². The van der Waals surface area contributed by atoms with Gasteiger partial charge in [-0.3, -0.25) is 10.1 Å². The number of ether oxygens (including phenoxy) is 1. The van der Waals surface area contributed by atoms with Gasteiger partial charge >= 0.3 is 0 Å². The van der Waals surface area contributed by atoms with Gasteiger partial charge in [-0.05, 0) is 31.2 Å². The number of carbonyl (C=O) groups excluding carboxylic acids is 1. The molecule has 6 heteroatoms. The number of carbonyl (C=O) groups is 1. The van der Waals surface area contributed by atoms with Gasteiger partial charge < -0.3 is 4.74 Å². The lowest BCUT2D eigenvalue weighted by molar-refractivity contribution is -0.122. The number of nitriles is 1. The van der Waals surface area contributed by atoms with Crippen LogP contribution in [-0.4, -0.2) is 17.0 Å². The molecule has 0 unspecified atom stereocenters. The highest BCUT2D eigenvalue weighted by Crippen LogP contribution is 2.15. The highest BCUT2D eigenvalue weighted by molar-refractivity contribution is 7.13.